The number of nitrogens with zero attached hydrogens (tertiary/aromatic N) is 5. The van der Waals surface area contributed by atoms with Crippen molar-refractivity contribution in [3.05, 3.63) is 34.6 Å². The lowest BCUT2D eigenvalue weighted by molar-refractivity contribution is 0.386. The van der Waals surface area contributed by atoms with Crippen molar-refractivity contribution in [1.82, 2.24) is 24.1 Å². The highest BCUT2D eigenvalue weighted by Crippen LogP contribution is 2.17. The van der Waals surface area contributed by atoms with E-state index in [0.717, 1.165) is 5.52 Å². The first-order valence-electron chi connectivity index (χ1n) is 6.12. The van der Waals surface area contributed by atoms with Crippen molar-refractivity contribution in [2.45, 2.75) is 33.2 Å². The SMILES string of the molecule is Cc1nc2ncnn2c2ccn(C(C)(C)C)c(=O)c12. The molecule has 19 heavy (non-hydrogen) atoms. The molecule has 0 amide bonds. The lowest BCUT2D eigenvalue weighted by Gasteiger charge is -2.22. The van der Waals surface area contributed by atoms with Crippen LogP contribution in [0, 0.1) is 6.92 Å². The van der Waals surface area contributed by atoms with Crippen molar-refractivity contribution in [1.29, 1.82) is 0 Å². The van der Waals surface area contributed by atoms with E-state index >= 15 is 0 Å². The predicted molar refractivity (Wildman–Crippen MR) is 72.3 cm³/mol. The van der Waals surface area contributed by atoms with E-state index in [9.17, 15) is 4.79 Å². The summed E-state index contributed by atoms with van der Waals surface area (Å²) in [7, 11) is 0. The molecule has 0 aromatic carbocycles. The van der Waals surface area contributed by atoms with Gasteiger partial charge in [-0.25, -0.2) is 4.98 Å². The van der Waals surface area contributed by atoms with E-state index in [1.807, 2.05) is 33.8 Å². The Bertz CT molecular complexity index is 838. The predicted octanol–water partition coefficient (Wildman–Crippen LogP) is 1.50. The summed E-state index contributed by atoms with van der Waals surface area (Å²) in [6.07, 6.45) is 3.24. The maximum absolute atomic E-state index is 12.6. The van der Waals surface area contributed by atoms with Gasteiger partial charge in [-0.15, -0.1) is 0 Å². The van der Waals surface area contributed by atoms with Crippen molar-refractivity contribution in [3.8, 4) is 0 Å². The Labute approximate surface area is 109 Å². The molecule has 0 aliphatic rings. The van der Waals surface area contributed by atoms with Crippen LogP contribution in [0.2, 0.25) is 0 Å². The van der Waals surface area contributed by atoms with Crippen LogP contribution in [-0.4, -0.2) is 24.1 Å². The Morgan fingerprint density at radius 2 is 2.00 bits per heavy atom. The number of rotatable bonds is 0. The number of hydrogen-bond donors (Lipinski definition) is 0. The maximum atomic E-state index is 12.6. The normalized spacial score (nSPS) is 12.4. The zero-order chi connectivity index (χ0) is 13.8. The molecule has 6 heteroatoms. The number of aryl methyl sites for hydroxylation is 1. The lowest BCUT2D eigenvalue weighted by atomic mass is 10.1. The van der Waals surface area contributed by atoms with Crippen LogP contribution >= 0.6 is 0 Å². The van der Waals surface area contributed by atoms with Crippen LogP contribution in [0.1, 0.15) is 26.5 Å². The first-order chi connectivity index (χ1) is 8.89. The summed E-state index contributed by atoms with van der Waals surface area (Å²) in [4.78, 5) is 21.0. The second kappa shape index (κ2) is 3.63. The quantitative estimate of drug-likeness (QED) is 0.612. The minimum atomic E-state index is -0.269. The fourth-order valence-electron chi connectivity index (χ4n) is 2.26. The van der Waals surface area contributed by atoms with Gasteiger partial charge < -0.3 is 4.57 Å². The van der Waals surface area contributed by atoms with Crippen LogP contribution in [-0.2, 0) is 5.54 Å². The van der Waals surface area contributed by atoms with E-state index in [-0.39, 0.29) is 11.1 Å². The summed E-state index contributed by atoms with van der Waals surface area (Å²) in [5.41, 5.74) is 1.10. The third-order valence-electron chi connectivity index (χ3n) is 3.18. The molecule has 0 atom stereocenters. The smallest absolute Gasteiger partial charge is 0.262 e. The van der Waals surface area contributed by atoms with E-state index < -0.39 is 0 Å². The van der Waals surface area contributed by atoms with Crippen LogP contribution < -0.4 is 5.56 Å². The van der Waals surface area contributed by atoms with Crippen molar-refractivity contribution >= 4 is 16.7 Å². The number of hydrogen-bond acceptors (Lipinski definition) is 4. The largest absolute Gasteiger partial charge is 0.310 e. The number of aromatic nitrogens is 5. The Kier molecular flexibility index (Phi) is 2.26. The molecule has 3 aromatic rings. The van der Waals surface area contributed by atoms with Gasteiger partial charge in [0.1, 0.15) is 6.33 Å². The monoisotopic (exact) mass is 257 g/mol. The van der Waals surface area contributed by atoms with Gasteiger partial charge in [0.25, 0.3) is 11.3 Å². The zero-order valence-electron chi connectivity index (χ0n) is 11.4. The number of pyridine rings is 1. The van der Waals surface area contributed by atoms with Gasteiger partial charge in [-0.3, -0.25) is 4.79 Å². The van der Waals surface area contributed by atoms with Gasteiger partial charge in [0.2, 0.25) is 0 Å². The third kappa shape index (κ3) is 1.63. The molecule has 0 unspecified atom stereocenters. The topological polar surface area (TPSA) is 65.1 Å². The standard InChI is InChI=1S/C13H15N5O/c1-8-10-9(18-12(16-8)14-7-15-18)5-6-17(11(10)19)13(2,3)4/h5-7H,1-4H3. The van der Waals surface area contributed by atoms with Gasteiger partial charge in [0.05, 0.1) is 16.6 Å². The molecule has 0 saturated carbocycles. The van der Waals surface area contributed by atoms with Crippen LogP contribution in [0.5, 0.6) is 0 Å². The molecular weight excluding hydrogens is 242 g/mol. The van der Waals surface area contributed by atoms with E-state index in [1.165, 1.54) is 6.33 Å². The lowest BCUT2D eigenvalue weighted by Crippen LogP contribution is -2.33. The molecule has 0 aliphatic heterocycles. The van der Waals surface area contributed by atoms with Crippen molar-refractivity contribution in [2.24, 2.45) is 0 Å². The van der Waals surface area contributed by atoms with Crippen molar-refractivity contribution in [3.63, 3.8) is 0 Å². The van der Waals surface area contributed by atoms with Crippen LogP contribution in [0.4, 0.5) is 0 Å². The van der Waals surface area contributed by atoms with Gasteiger partial charge >= 0.3 is 0 Å². The van der Waals surface area contributed by atoms with Gasteiger partial charge in [-0.1, -0.05) is 0 Å². The first-order valence-corrected chi connectivity index (χ1v) is 6.12. The van der Waals surface area contributed by atoms with E-state index in [0.29, 0.717) is 16.9 Å². The highest BCUT2D eigenvalue weighted by Gasteiger charge is 2.18. The molecule has 0 radical (unpaired) electrons. The maximum Gasteiger partial charge on any atom is 0.262 e. The van der Waals surface area contributed by atoms with E-state index in [4.69, 9.17) is 0 Å². The molecule has 0 saturated heterocycles. The number of fused-ring (bicyclic) bond motifs is 3. The molecule has 3 heterocycles. The molecule has 6 nitrogen and oxygen atoms in total. The van der Waals surface area contributed by atoms with Gasteiger partial charge in [0.15, 0.2) is 0 Å². The van der Waals surface area contributed by atoms with Crippen molar-refractivity contribution < 1.29 is 0 Å². The highest BCUT2D eigenvalue weighted by molar-refractivity contribution is 5.81. The molecular formula is C13H15N5O. The molecule has 0 N–H and O–H groups in total. The molecule has 3 rings (SSSR count). The van der Waals surface area contributed by atoms with Crippen LogP contribution in [0.3, 0.4) is 0 Å². The summed E-state index contributed by atoms with van der Waals surface area (Å²) in [6.45, 7) is 7.82. The van der Waals surface area contributed by atoms with Gasteiger partial charge in [-0.05, 0) is 33.8 Å². The fraction of sp³-hybridized carbons (Fsp3) is 0.385. The average Bonchev–Trinajstić information content (AvgIpc) is 2.75. The third-order valence-corrected chi connectivity index (χ3v) is 3.18. The summed E-state index contributed by atoms with van der Waals surface area (Å²) < 4.78 is 3.31. The highest BCUT2D eigenvalue weighted by atomic mass is 16.1. The van der Waals surface area contributed by atoms with Crippen LogP contribution in [0.25, 0.3) is 16.7 Å². The molecule has 0 spiro atoms. The Morgan fingerprint density at radius 3 is 2.68 bits per heavy atom. The van der Waals surface area contributed by atoms with Crippen molar-refractivity contribution in [2.75, 3.05) is 0 Å². The second-order valence-corrected chi connectivity index (χ2v) is 5.59. The second-order valence-electron chi connectivity index (χ2n) is 5.59. The van der Waals surface area contributed by atoms with Crippen LogP contribution in [0.15, 0.2) is 23.4 Å². The molecule has 0 fully saturated rings. The fourth-order valence-corrected chi connectivity index (χ4v) is 2.26. The van der Waals surface area contributed by atoms with E-state index in [2.05, 4.69) is 15.1 Å². The first kappa shape index (κ1) is 11.8. The minimum absolute atomic E-state index is 0.0487. The van der Waals surface area contributed by atoms with Gasteiger partial charge in [-0.2, -0.15) is 14.6 Å². The molecule has 0 bridgehead atoms. The van der Waals surface area contributed by atoms with E-state index in [1.54, 1.807) is 15.3 Å². The minimum Gasteiger partial charge on any atom is -0.310 e. The summed E-state index contributed by atoms with van der Waals surface area (Å²) in [6, 6.07) is 1.89. The average molecular weight is 257 g/mol. The zero-order valence-corrected chi connectivity index (χ0v) is 11.4. The summed E-state index contributed by atoms with van der Waals surface area (Å²) in [5, 5.41) is 4.71. The molecule has 98 valence electrons. The Morgan fingerprint density at radius 1 is 1.26 bits per heavy atom. The molecule has 3 aromatic heterocycles. The molecule has 0 aliphatic carbocycles. The summed E-state index contributed by atoms with van der Waals surface area (Å²) in [5.74, 6) is 0.512. The Balaban J connectivity index is 2.54. The Hall–Kier alpha value is -2.24. The summed E-state index contributed by atoms with van der Waals surface area (Å²) >= 11 is 0. The van der Waals surface area contributed by atoms with Gasteiger partial charge in [0, 0.05) is 11.7 Å².